The number of benzene rings is 1. The van der Waals surface area contributed by atoms with Crippen LogP contribution in [-0.2, 0) is 16.0 Å². The number of aliphatic carboxylic acids is 1. The largest absolute Gasteiger partial charge is 0.480 e. The molecule has 1 aromatic heterocycles. The average Bonchev–Trinajstić information content (AvgIpc) is 2.87. The average molecular weight is 289 g/mol. The first-order chi connectivity index (χ1) is 10.0. The van der Waals surface area contributed by atoms with Gasteiger partial charge in [0.15, 0.2) is 0 Å². The molecule has 112 valence electrons. The van der Waals surface area contributed by atoms with Crippen molar-refractivity contribution in [3.63, 3.8) is 0 Å². The molecule has 6 nitrogen and oxygen atoms in total. The molecule has 1 atom stereocenters. The minimum Gasteiger partial charge on any atom is -0.480 e. The van der Waals surface area contributed by atoms with E-state index in [0.29, 0.717) is 13.0 Å². The highest BCUT2D eigenvalue weighted by Gasteiger charge is 2.22. The lowest BCUT2D eigenvalue weighted by Crippen LogP contribution is -2.46. The molecular formula is C15H19N3O3. The number of nitrogens with two attached hydrogens (primary N) is 1. The highest BCUT2D eigenvalue weighted by atomic mass is 16.4. The lowest BCUT2D eigenvalue weighted by molar-refractivity contribution is -0.144. The Morgan fingerprint density at radius 1 is 1.38 bits per heavy atom. The van der Waals surface area contributed by atoms with E-state index in [9.17, 15) is 9.59 Å². The van der Waals surface area contributed by atoms with Gasteiger partial charge < -0.3 is 20.7 Å². The van der Waals surface area contributed by atoms with E-state index in [2.05, 4.69) is 4.98 Å². The third kappa shape index (κ3) is 3.41. The van der Waals surface area contributed by atoms with E-state index in [4.69, 9.17) is 10.8 Å². The first-order valence-corrected chi connectivity index (χ1v) is 6.84. The number of carbonyl (C=O) groups is 2. The predicted molar refractivity (Wildman–Crippen MR) is 79.9 cm³/mol. The number of carboxylic acids is 1. The Labute approximate surface area is 122 Å². The van der Waals surface area contributed by atoms with Gasteiger partial charge in [0.1, 0.15) is 6.54 Å². The van der Waals surface area contributed by atoms with Crippen LogP contribution < -0.4 is 5.73 Å². The molecule has 1 amide bonds. The number of hydrogen-bond donors (Lipinski definition) is 3. The third-order valence-corrected chi connectivity index (χ3v) is 3.45. The van der Waals surface area contributed by atoms with Gasteiger partial charge in [-0.15, -0.1) is 0 Å². The lowest BCUT2D eigenvalue weighted by Gasteiger charge is -2.22. The van der Waals surface area contributed by atoms with Gasteiger partial charge in [0.05, 0.1) is 6.04 Å². The molecule has 0 radical (unpaired) electrons. The van der Waals surface area contributed by atoms with Gasteiger partial charge in [-0.1, -0.05) is 18.2 Å². The number of nitrogens with one attached hydrogen (secondary N) is 1. The van der Waals surface area contributed by atoms with Crippen molar-refractivity contribution in [2.45, 2.75) is 19.4 Å². The molecule has 1 aromatic carbocycles. The molecular weight excluding hydrogens is 270 g/mol. The number of para-hydroxylation sites is 1. The van der Waals surface area contributed by atoms with Gasteiger partial charge in [-0.2, -0.15) is 0 Å². The molecule has 0 saturated carbocycles. The van der Waals surface area contributed by atoms with Crippen LogP contribution >= 0.6 is 0 Å². The molecule has 1 heterocycles. The fourth-order valence-electron chi connectivity index (χ4n) is 2.37. The molecule has 6 heteroatoms. The van der Waals surface area contributed by atoms with E-state index in [1.165, 1.54) is 4.90 Å². The van der Waals surface area contributed by atoms with Crippen molar-refractivity contribution in [3.05, 3.63) is 36.0 Å². The van der Waals surface area contributed by atoms with E-state index < -0.39 is 12.0 Å². The molecule has 0 unspecified atom stereocenters. The van der Waals surface area contributed by atoms with Gasteiger partial charge in [-0.25, -0.2) is 0 Å². The SMILES string of the molecule is CCN(CC(=O)O)C(=O)[C@@H](N)Cc1c[nH]c2ccccc12. The maximum Gasteiger partial charge on any atom is 0.323 e. The van der Waals surface area contributed by atoms with Crippen LogP contribution in [0.4, 0.5) is 0 Å². The van der Waals surface area contributed by atoms with Crippen LogP contribution in [0.25, 0.3) is 10.9 Å². The second-order valence-electron chi connectivity index (χ2n) is 4.92. The number of aromatic amines is 1. The van der Waals surface area contributed by atoms with Gasteiger partial charge in [-0.05, 0) is 25.0 Å². The molecule has 21 heavy (non-hydrogen) atoms. The van der Waals surface area contributed by atoms with Crippen molar-refractivity contribution in [3.8, 4) is 0 Å². The Hall–Kier alpha value is -2.34. The molecule has 2 aromatic rings. The second-order valence-corrected chi connectivity index (χ2v) is 4.92. The molecule has 2 rings (SSSR count). The Morgan fingerprint density at radius 2 is 2.10 bits per heavy atom. The molecule has 0 aliphatic rings. The van der Waals surface area contributed by atoms with Gasteiger partial charge in [0, 0.05) is 23.6 Å². The van der Waals surface area contributed by atoms with Crippen LogP contribution in [0.15, 0.2) is 30.5 Å². The maximum atomic E-state index is 12.2. The maximum absolute atomic E-state index is 12.2. The first kappa shape index (κ1) is 15.1. The number of H-pyrrole nitrogens is 1. The fraction of sp³-hybridized carbons (Fsp3) is 0.333. The van der Waals surface area contributed by atoms with Gasteiger partial charge in [0.25, 0.3) is 0 Å². The number of likely N-dealkylation sites (N-methyl/N-ethyl adjacent to an activating group) is 1. The zero-order valence-corrected chi connectivity index (χ0v) is 11.9. The van der Waals surface area contributed by atoms with Crippen LogP contribution in [0, 0.1) is 0 Å². The van der Waals surface area contributed by atoms with E-state index in [1.54, 1.807) is 6.92 Å². The summed E-state index contributed by atoms with van der Waals surface area (Å²) in [7, 11) is 0. The molecule has 0 saturated heterocycles. The minimum atomic E-state index is -1.04. The monoisotopic (exact) mass is 289 g/mol. The lowest BCUT2D eigenvalue weighted by atomic mass is 10.0. The Morgan fingerprint density at radius 3 is 2.76 bits per heavy atom. The number of fused-ring (bicyclic) bond motifs is 1. The third-order valence-electron chi connectivity index (χ3n) is 3.45. The van der Waals surface area contributed by atoms with E-state index in [1.807, 2.05) is 30.5 Å². The van der Waals surface area contributed by atoms with Crippen molar-refractivity contribution in [1.82, 2.24) is 9.88 Å². The topological polar surface area (TPSA) is 99.4 Å². The Balaban J connectivity index is 2.11. The highest BCUT2D eigenvalue weighted by molar-refractivity contribution is 5.87. The van der Waals surface area contributed by atoms with Gasteiger partial charge in [-0.3, -0.25) is 9.59 Å². The number of hydrogen-bond acceptors (Lipinski definition) is 3. The summed E-state index contributed by atoms with van der Waals surface area (Å²) in [4.78, 5) is 27.3. The van der Waals surface area contributed by atoms with Crippen LogP contribution in [0.3, 0.4) is 0 Å². The number of carboxylic acid groups (broad SMARTS) is 1. The van der Waals surface area contributed by atoms with Crippen LogP contribution in [0.1, 0.15) is 12.5 Å². The molecule has 4 N–H and O–H groups in total. The first-order valence-electron chi connectivity index (χ1n) is 6.84. The number of amides is 1. The van der Waals surface area contributed by atoms with Crippen LogP contribution in [0.5, 0.6) is 0 Å². The number of aromatic nitrogens is 1. The summed E-state index contributed by atoms with van der Waals surface area (Å²) in [5.74, 6) is -1.38. The molecule has 0 spiro atoms. The van der Waals surface area contributed by atoms with Crippen molar-refractivity contribution < 1.29 is 14.7 Å². The minimum absolute atomic E-state index is 0.323. The van der Waals surface area contributed by atoms with Crippen molar-refractivity contribution >= 4 is 22.8 Å². The normalized spacial score (nSPS) is 12.3. The standard InChI is InChI=1S/C15H19N3O3/c1-2-18(9-14(19)20)15(21)12(16)7-10-8-17-13-6-4-3-5-11(10)13/h3-6,8,12,17H,2,7,9,16H2,1H3,(H,19,20)/t12-/m0/s1. The van der Waals surface area contributed by atoms with Crippen molar-refractivity contribution in [2.75, 3.05) is 13.1 Å². The quantitative estimate of drug-likeness (QED) is 0.737. The summed E-state index contributed by atoms with van der Waals surface area (Å²) >= 11 is 0. The zero-order valence-electron chi connectivity index (χ0n) is 11.9. The summed E-state index contributed by atoms with van der Waals surface area (Å²) in [6.07, 6.45) is 2.21. The van der Waals surface area contributed by atoms with E-state index in [0.717, 1.165) is 16.5 Å². The molecule has 0 fully saturated rings. The van der Waals surface area contributed by atoms with Crippen molar-refractivity contribution in [2.24, 2.45) is 5.73 Å². The smallest absolute Gasteiger partial charge is 0.323 e. The van der Waals surface area contributed by atoms with E-state index >= 15 is 0 Å². The van der Waals surface area contributed by atoms with Crippen LogP contribution in [-0.4, -0.2) is 46.0 Å². The number of carbonyl (C=O) groups excluding carboxylic acids is 1. The summed E-state index contributed by atoms with van der Waals surface area (Å²) in [5.41, 5.74) is 7.90. The molecule has 0 aliphatic heterocycles. The highest BCUT2D eigenvalue weighted by Crippen LogP contribution is 2.19. The van der Waals surface area contributed by atoms with E-state index in [-0.39, 0.29) is 12.5 Å². The number of nitrogens with zero attached hydrogens (tertiary/aromatic N) is 1. The van der Waals surface area contributed by atoms with Gasteiger partial charge >= 0.3 is 5.97 Å². The second kappa shape index (κ2) is 6.41. The van der Waals surface area contributed by atoms with Gasteiger partial charge in [0.2, 0.25) is 5.91 Å². The fourth-order valence-corrected chi connectivity index (χ4v) is 2.37. The molecule has 0 bridgehead atoms. The Kier molecular flexibility index (Phi) is 4.59. The summed E-state index contributed by atoms with van der Waals surface area (Å²) < 4.78 is 0. The summed E-state index contributed by atoms with van der Waals surface area (Å²) in [6.45, 7) is 1.74. The summed E-state index contributed by atoms with van der Waals surface area (Å²) in [5, 5.41) is 9.83. The predicted octanol–water partition coefficient (Wildman–Crippen LogP) is 0.971. The van der Waals surface area contributed by atoms with Crippen LogP contribution in [0.2, 0.25) is 0 Å². The summed E-state index contributed by atoms with van der Waals surface area (Å²) in [6, 6.07) is 7.03. The number of rotatable bonds is 6. The van der Waals surface area contributed by atoms with Crippen molar-refractivity contribution in [1.29, 1.82) is 0 Å². The molecule has 0 aliphatic carbocycles. The zero-order chi connectivity index (χ0) is 15.4. The Bertz CT molecular complexity index is 650.